The Kier molecular flexibility index (Phi) is 7.55. The molecule has 1 unspecified atom stereocenters. The number of benzene rings is 1. The van der Waals surface area contributed by atoms with E-state index in [1.807, 2.05) is 12.1 Å². The lowest BCUT2D eigenvalue weighted by atomic mass is 9.84. The van der Waals surface area contributed by atoms with Crippen LogP contribution in [0.2, 0.25) is 0 Å². The van der Waals surface area contributed by atoms with Crippen LogP contribution in [0.5, 0.6) is 0 Å². The summed E-state index contributed by atoms with van der Waals surface area (Å²) in [5.41, 5.74) is 3.37. The van der Waals surface area contributed by atoms with Gasteiger partial charge in [0, 0.05) is 0 Å². The zero-order valence-corrected chi connectivity index (χ0v) is 17.2. The third-order valence-corrected chi connectivity index (χ3v) is 6.45. The molecule has 0 amide bonds. The molecule has 0 saturated heterocycles. The van der Waals surface area contributed by atoms with Crippen molar-refractivity contribution < 1.29 is 9.53 Å². The van der Waals surface area contributed by atoms with Crippen molar-refractivity contribution in [2.24, 2.45) is 11.8 Å². The van der Waals surface area contributed by atoms with Crippen LogP contribution in [0, 0.1) is 11.8 Å². The highest BCUT2D eigenvalue weighted by Gasteiger charge is 2.24. The molecule has 0 spiro atoms. The van der Waals surface area contributed by atoms with Gasteiger partial charge in [0.2, 0.25) is 0 Å². The highest BCUT2D eigenvalue weighted by atomic mass is 16.5. The number of hydrogen-bond donors (Lipinski definition) is 0. The summed E-state index contributed by atoms with van der Waals surface area (Å²) < 4.78 is 5.80. The first-order valence-electron chi connectivity index (χ1n) is 11.2. The molecule has 27 heavy (non-hydrogen) atoms. The summed E-state index contributed by atoms with van der Waals surface area (Å²) in [6, 6.07) is 8.05. The van der Waals surface area contributed by atoms with Crippen molar-refractivity contribution in [2.45, 2.75) is 90.6 Å². The molecule has 0 bridgehead atoms. The van der Waals surface area contributed by atoms with Crippen molar-refractivity contribution in [3.05, 3.63) is 41.5 Å². The van der Waals surface area contributed by atoms with Gasteiger partial charge in [-0.3, -0.25) is 0 Å². The predicted molar refractivity (Wildman–Crippen MR) is 113 cm³/mol. The van der Waals surface area contributed by atoms with Gasteiger partial charge < -0.3 is 4.74 Å². The number of esters is 1. The molecule has 1 atom stereocenters. The molecule has 0 heterocycles. The second-order valence-corrected chi connectivity index (χ2v) is 8.73. The van der Waals surface area contributed by atoms with Gasteiger partial charge in [-0.25, -0.2) is 4.79 Å². The van der Waals surface area contributed by atoms with Gasteiger partial charge in [-0.1, -0.05) is 57.7 Å². The van der Waals surface area contributed by atoms with Crippen molar-refractivity contribution in [3.63, 3.8) is 0 Å². The first kappa shape index (κ1) is 20.2. The van der Waals surface area contributed by atoms with Gasteiger partial charge in [0.1, 0.15) is 6.10 Å². The number of rotatable bonds is 7. The van der Waals surface area contributed by atoms with E-state index >= 15 is 0 Å². The lowest BCUT2D eigenvalue weighted by Gasteiger charge is -2.28. The zero-order valence-electron chi connectivity index (χ0n) is 17.2. The van der Waals surface area contributed by atoms with Crippen LogP contribution < -0.4 is 0 Å². The maximum atomic E-state index is 12.5. The number of hydrogen-bond acceptors (Lipinski definition) is 2. The summed E-state index contributed by atoms with van der Waals surface area (Å²) in [6.07, 6.45) is 15.9. The molecule has 1 fully saturated rings. The van der Waals surface area contributed by atoms with E-state index in [-0.39, 0.29) is 12.1 Å². The predicted octanol–water partition coefficient (Wildman–Crippen LogP) is 7.19. The fraction of sp³-hybridized carbons (Fsp3) is 0.640. The summed E-state index contributed by atoms with van der Waals surface area (Å²) in [5, 5.41) is 0. The number of ether oxygens (including phenoxy) is 1. The average molecular weight is 369 g/mol. The monoisotopic (exact) mass is 368 g/mol. The second-order valence-electron chi connectivity index (χ2n) is 8.73. The molecular formula is C25H36O2. The Morgan fingerprint density at radius 1 is 1.04 bits per heavy atom. The quantitative estimate of drug-likeness (QED) is 0.376. The minimum Gasteiger partial charge on any atom is -0.459 e. The van der Waals surface area contributed by atoms with Crippen LogP contribution in [0.4, 0.5) is 0 Å². The molecule has 1 saturated carbocycles. The maximum Gasteiger partial charge on any atom is 0.338 e. The minimum absolute atomic E-state index is 0.113. The van der Waals surface area contributed by atoms with Crippen molar-refractivity contribution in [2.75, 3.05) is 0 Å². The molecule has 0 radical (unpaired) electrons. The Morgan fingerprint density at radius 2 is 1.78 bits per heavy atom. The lowest BCUT2D eigenvalue weighted by molar-refractivity contribution is 0.0161. The fourth-order valence-corrected chi connectivity index (χ4v) is 4.49. The van der Waals surface area contributed by atoms with Crippen LogP contribution in [-0.2, 0) is 4.74 Å². The Balaban J connectivity index is 1.46. The Labute approximate surface area is 165 Å². The van der Waals surface area contributed by atoms with E-state index in [0.717, 1.165) is 31.1 Å². The third-order valence-electron chi connectivity index (χ3n) is 6.45. The fourth-order valence-electron chi connectivity index (χ4n) is 4.49. The SMILES string of the molecule is CCCCC[C@H]1CC[C@H](OC(=O)c2ccc(C3=CCC(C)CC3)cc2)CC1. The summed E-state index contributed by atoms with van der Waals surface area (Å²) in [7, 11) is 0. The highest BCUT2D eigenvalue weighted by molar-refractivity contribution is 5.90. The second kappa shape index (κ2) is 10.1. The molecule has 0 aromatic heterocycles. The van der Waals surface area contributed by atoms with Gasteiger partial charge in [-0.2, -0.15) is 0 Å². The van der Waals surface area contributed by atoms with Crippen LogP contribution in [0.3, 0.4) is 0 Å². The van der Waals surface area contributed by atoms with Crippen molar-refractivity contribution >= 4 is 11.5 Å². The largest absolute Gasteiger partial charge is 0.459 e. The van der Waals surface area contributed by atoms with Crippen molar-refractivity contribution in [1.29, 1.82) is 0 Å². The minimum atomic E-state index is -0.151. The highest BCUT2D eigenvalue weighted by Crippen LogP contribution is 2.31. The number of carbonyl (C=O) groups excluding carboxylic acids is 1. The smallest absolute Gasteiger partial charge is 0.338 e. The third kappa shape index (κ3) is 5.96. The average Bonchev–Trinajstić information content (AvgIpc) is 2.70. The van der Waals surface area contributed by atoms with Gasteiger partial charge in [0.25, 0.3) is 0 Å². The molecule has 0 N–H and O–H groups in total. The van der Waals surface area contributed by atoms with E-state index in [1.54, 1.807) is 0 Å². The Hall–Kier alpha value is -1.57. The molecule has 2 nitrogen and oxygen atoms in total. The van der Waals surface area contributed by atoms with E-state index in [4.69, 9.17) is 4.74 Å². The van der Waals surface area contributed by atoms with E-state index in [0.29, 0.717) is 5.56 Å². The van der Waals surface area contributed by atoms with Gasteiger partial charge in [-0.15, -0.1) is 0 Å². The van der Waals surface area contributed by atoms with Crippen molar-refractivity contribution in [3.8, 4) is 0 Å². The summed E-state index contributed by atoms with van der Waals surface area (Å²) >= 11 is 0. The normalized spacial score (nSPS) is 25.7. The molecule has 1 aromatic carbocycles. The summed E-state index contributed by atoms with van der Waals surface area (Å²) in [6.45, 7) is 4.57. The van der Waals surface area contributed by atoms with E-state index in [9.17, 15) is 4.79 Å². The van der Waals surface area contributed by atoms with Crippen molar-refractivity contribution in [1.82, 2.24) is 0 Å². The molecule has 148 valence electrons. The molecule has 2 aliphatic carbocycles. The van der Waals surface area contributed by atoms with Crippen LogP contribution >= 0.6 is 0 Å². The standard InChI is InChI=1S/C25H36O2/c1-3-4-5-6-20-9-17-24(18-10-20)27-25(26)23-15-13-22(14-16-23)21-11-7-19(2)8-12-21/h11,13-16,19-20,24H,3-10,12,17-18H2,1-2H3/t19?,20-,24-. The topological polar surface area (TPSA) is 26.3 Å². The van der Waals surface area contributed by atoms with Gasteiger partial charge >= 0.3 is 5.97 Å². The Bertz CT molecular complexity index is 620. The Morgan fingerprint density at radius 3 is 2.41 bits per heavy atom. The van der Waals surface area contributed by atoms with E-state index in [2.05, 4.69) is 32.1 Å². The summed E-state index contributed by atoms with van der Waals surface area (Å²) in [4.78, 5) is 12.5. The van der Waals surface area contributed by atoms with Gasteiger partial charge in [0.15, 0.2) is 0 Å². The first-order chi connectivity index (χ1) is 13.2. The molecule has 0 aliphatic heterocycles. The van der Waals surface area contributed by atoms with Gasteiger partial charge in [0.05, 0.1) is 5.56 Å². The molecule has 2 aliphatic rings. The molecule has 1 aromatic rings. The summed E-state index contributed by atoms with van der Waals surface area (Å²) in [5.74, 6) is 1.49. The number of allylic oxidation sites excluding steroid dienone is 2. The van der Waals surface area contributed by atoms with E-state index < -0.39 is 0 Å². The van der Waals surface area contributed by atoms with E-state index in [1.165, 1.54) is 62.5 Å². The maximum absolute atomic E-state index is 12.5. The molecule has 2 heteroatoms. The number of unbranched alkanes of at least 4 members (excludes halogenated alkanes) is 2. The van der Waals surface area contributed by atoms with Crippen LogP contribution in [0.15, 0.2) is 30.3 Å². The van der Waals surface area contributed by atoms with Gasteiger partial charge in [-0.05, 0) is 80.1 Å². The van der Waals surface area contributed by atoms with Crippen LogP contribution in [-0.4, -0.2) is 12.1 Å². The molecular weight excluding hydrogens is 332 g/mol. The molecule has 3 rings (SSSR count). The zero-order chi connectivity index (χ0) is 19.1. The first-order valence-corrected chi connectivity index (χ1v) is 11.2. The van der Waals surface area contributed by atoms with Crippen LogP contribution in [0.1, 0.15) is 100 Å². The lowest BCUT2D eigenvalue weighted by Crippen LogP contribution is -2.24. The number of carbonyl (C=O) groups is 1. The van der Waals surface area contributed by atoms with Crippen LogP contribution in [0.25, 0.3) is 5.57 Å².